The molecular formula is C27H27ClFN5O. The SMILES string of the molecule is CN1CCN2CC1C(C)(C)OCc1cccc(F)c1-c1cc3c(n[nH]c3cn1)-c1cc(Cl)cc2c1. The number of piperazine rings is 1. The Morgan fingerprint density at radius 2 is 2.03 bits per heavy atom. The fourth-order valence-corrected chi connectivity index (χ4v) is 5.59. The van der Waals surface area contributed by atoms with Crippen LogP contribution in [0.2, 0.25) is 5.02 Å². The van der Waals surface area contributed by atoms with Gasteiger partial charge in [-0.1, -0.05) is 23.7 Å². The number of anilines is 1. The van der Waals surface area contributed by atoms with E-state index in [9.17, 15) is 0 Å². The molecule has 180 valence electrons. The van der Waals surface area contributed by atoms with Gasteiger partial charge in [0, 0.05) is 46.9 Å². The number of likely N-dealkylation sites (N-methyl/N-ethyl adjacent to an activating group) is 1. The first-order valence-electron chi connectivity index (χ1n) is 11.8. The molecular weight excluding hydrogens is 465 g/mol. The van der Waals surface area contributed by atoms with Gasteiger partial charge >= 0.3 is 0 Å². The third-order valence-corrected chi connectivity index (χ3v) is 7.59. The van der Waals surface area contributed by atoms with E-state index < -0.39 is 5.60 Å². The van der Waals surface area contributed by atoms with Crippen molar-refractivity contribution in [2.45, 2.75) is 32.1 Å². The van der Waals surface area contributed by atoms with Crippen LogP contribution in [0.15, 0.2) is 48.7 Å². The number of pyridine rings is 1. The van der Waals surface area contributed by atoms with E-state index in [4.69, 9.17) is 16.3 Å². The molecule has 0 aliphatic carbocycles. The van der Waals surface area contributed by atoms with Crippen LogP contribution in [0.1, 0.15) is 19.4 Å². The zero-order valence-electron chi connectivity index (χ0n) is 20.0. The van der Waals surface area contributed by atoms with E-state index in [2.05, 4.69) is 51.9 Å². The van der Waals surface area contributed by atoms with Crippen LogP contribution < -0.4 is 4.90 Å². The summed E-state index contributed by atoms with van der Waals surface area (Å²) in [5.41, 5.74) is 4.80. The molecule has 1 N–H and O–H groups in total. The zero-order valence-corrected chi connectivity index (χ0v) is 20.7. The van der Waals surface area contributed by atoms with Gasteiger partial charge in [-0.3, -0.25) is 15.0 Å². The Labute approximate surface area is 208 Å². The first-order chi connectivity index (χ1) is 16.8. The van der Waals surface area contributed by atoms with E-state index in [0.717, 1.165) is 53.0 Å². The first-order valence-corrected chi connectivity index (χ1v) is 12.2. The summed E-state index contributed by atoms with van der Waals surface area (Å²) in [6, 6.07) is 13.2. The average Bonchev–Trinajstić information content (AvgIpc) is 3.25. The Bertz CT molecular complexity index is 1430. The van der Waals surface area contributed by atoms with Gasteiger partial charge in [0.05, 0.1) is 35.7 Å². The lowest BCUT2D eigenvalue weighted by Gasteiger charge is -2.47. The number of halogens is 2. The average molecular weight is 492 g/mol. The van der Waals surface area contributed by atoms with Crippen LogP contribution in [0.25, 0.3) is 33.4 Å². The third kappa shape index (κ3) is 3.88. The highest BCUT2D eigenvalue weighted by atomic mass is 35.5. The number of benzene rings is 2. The number of aromatic nitrogens is 3. The second kappa shape index (κ2) is 8.29. The molecule has 2 aliphatic heterocycles. The zero-order chi connectivity index (χ0) is 24.3. The van der Waals surface area contributed by atoms with Gasteiger partial charge in [0.2, 0.25) is 0 Å². The minimum absolute atomic E-state index is 0.122. The molecule has 6 bridgehead atoms. The lowest BCUT2D eigenvalue weighted by Crippen LogP contribution is -2.60. The maximum absolute atomic E-state index is 15.2. The second-order valence-corrected chi connectivity index (χ2v) is 10.4. The van der Waals surface area contributed by atoms with Crippen molar-refractivity contribution in [1.82, 2.24) is 20.1 Å². The topological polar surface area (TPSA) is 57.3 Å². The predicted octanol–water partition coefficient (Wildman–Crippen LogP) is 5.51. The number of hydrogen-bond acceptors (Lipinski definition) is 5. The highest BCUT2D eigenvalue weighted by Gasteiger charge is 2.38. The summed E-state index contributed by atoms with van der Waals surface area (Å²) in [5, 5.41) is 9.17. The molecule has 2 aliphatic rings. The van der Waals surface area contributed by atoms with Gasteiger partial charge < -0.3 is 9.64 Å². The molecule has 0 radical (unpaired) electrons. The molecule has 1 atom stereocenters. The minimum atomic E-state index is -0.483. The van der Waals surface area contributed by atoms with Gasteiger partial charge in [0.25, 0.3) is 0 Å². The molecule has 6 nitrogen and oxygen atoms in total. The Morgan fingerprint density at radius 3 is 2.89 bits per heavy atom. The Morgan fingerprint density at radius 1 is 1.17 bits per heavy atom. The van der Waals surface area contributed by atoms with Crippen molar-refractivity contribution in [3.63, 3.8) is 0 Å². The number of ether oxygens (including phenoxy) is 1. The molecule has 1 saturated heterocycles. The molecule has 6 rings (SSSR count). The highest BCUT2D eigenvalue weighted by molar-refractivity contribution is 6.31. The summed E-state index contributed by atoms with van der Waals surface area (Å²) in [6.45, 7) is 7.05. The molecule has 4 aromatic rings. The molecule has 1 unspecified atom stereocenters. The fourth-order valence-electron chi connectivity index (χ4n) is 5.36. The van der Waals surface area contributed by atoms with Crippen LogP contribution in [-0.4, -0.2) is 58.4 Å². The van der Waals surface area contributed by atoms with Crippen molar-refractivity contribution >= 4 is 28.2 Å². The number of hydrogen-bond donors (Lipinski definition) is 1. The molecule has 2 aromatic heterocycles. The smallest absolute Gasteiger partial charge is 0.132 e. The fraction of sp³-hybridized carbons (Fsp3) is 0.333. The van der Waals surface area contributed by atoms with Gasteiger partial charge in [0.15, 0.2) is 0 Å². The second-order valence-electron chi connectivity index (χ2n) is 9.99. The van der Waals surface area contributed by atoms with Gasteiger partial charge in [-0.15, -0.1) is 0 Å². The molecule has 1 fully saturated rings. The highest BCUT2D eigenvalue weighted by Crippen LogP contribution is 2.37. The van der Waals surface area contributed by atoms with Gasteiger partial charge in [-0.2, -0.15) is 5.10 Å². The van der Waals surface area contributed by atoms with E-state index in [1.807, 2.05) is 24.3 Å². The largest absolute Gasteiger partial charge is 0.369 e. The maximum Gasteiger partial charge on any atom is 0.132 e. The van der Waals surface area contributed by atoms with Gasteiger partial charge in [0.1, 0.15) is 11.5 Å². The quantitative estimate of drug-likeness (QED) is 0.351. The van der Waals surface area contributed by atoms with Crippen LogP contribution in [0.4, 0.5) is 10.1 Å². The van der Waals surface area contributed by atoms with Crippen LogP contribution in [-0.2, 0) is 11.3 Å². The van der Waals surface area contributed by atoms with E-state index >= 15 is 4.39 Å². The number of nitrogens with zero attached hydrogens (tertiary/aromatic N) is 4. The van der Waals surface area contributed by atoms with Crippen molar-refractivity contribution in [2.75, 3.05) is 31.6 Å². The molecule has 35 heavy (non-hydrogen) atoms. The number of aromatic amines is 1. The summed E-state index contributed by atoms with van der Waals surface area (Å²) in [4.78, 5) is 9.28. The summed E-state index contributed by atoms with van der Waals surface area (Å²) in [7, 11) is 2.13. The third-order valence-electron chi connectivity index (χ3n) is 7.37. The Hall–Kier alpha value is -3.00. The van der Waals surface area contributed by atoms with E-state index in [0.29, 0.717) is 16.3 Å². The molecule has 8 heteroatoms. The number of H-pyrrole nitrogens is 1. The van der Waals surface area contributed by atoms with Crippen LogP contribution in [0, 0.1) is 5.82 Å². The number of nitrogens with one attached hydrogen (secondary N) is 1. The lowest BCUT2D eigenvalue weighted by atomic mass is 9.94. The van der Waals surface area contributed by atoms with E-state index in [-0.39, 0.29) is 18.5 Å². The van der Waals surface area contributed by atoms with Crippen LogP contribution >= 0.6 is 11.6 Å². The molecule has 0 spiro atoms. The predicted molar refractivity (Wildman–Crippen MR) is 137 cm³/mol. The van der Waals surface area contributed by atoms with Crippen LogP contribution in [0.3, 0.4) is 0 Å². The van der Waals surface area contributed by atoms with Gasteiger partial charge in [-0.05, 0) is 56.8 Å². The normalized spacial score (nSPS) is 19.9. The number of fused-ring (bicyclic) bond motifs is 9. The van der Waals surface area contributed by atoms with Crippen molar-refractivity contribution in [3.8, 4) is 22.5 Å². The van der Waals surface area contributed by atoms with Crippen molar-refractivity contribution in [2.24, 2.45) is 0 Å². The summed E-state index contributed by atoms with van der Waals surface area (Å²) >= 11 is 6.61. The van der Waals surface area contributed by atoms with Crippen LogP contribution in [0.5, 0.6) is 0 Å². The van der Waals surface area contributed by atoms with Gasteiger partial charge in [-0.25, -0.2) is 4.39 Å². The summed E-state index contributed by atoms with van der Waals surface area (Å²) in [6.07, 6.45) is 1.71. The Balaban J connectivity index is 1.60. The van der Waals surface area contributed by atoms with Crippen molar-refractivity contribution in [3.05, 3.63) is 65.1 Å². The van der Waals surface area contributed by atoms with E-state index in [1.165, 1.54) is 6.07 Å². The monoisotopic (exact) mass is 491 g/mol. The minimum Gasteiger partial charge on any atom is -0.369 e. The molecule has 0 amide bonds. The summed E-state index contributed by atoms with van der Waals surface area (Å²) in [5.74, 6) is -0.323. The van der Waals surface area contributed by atoms with Crippen molar-refractivity contribution < 1.29 is 9.13 Å². The standard InChI is InChI=1S/C27H27ClFN5O/c1-27(2)24-14-34(8-7-33(24)3)19-10-17(9-18(28)11-19)26-20-12-22(30-13-23(20)31-32-26)25-16(15-35-27)5-4-6-21(25)29/h4-6,9-13,24H,7-8,14-15H2,1-3H3,(H,31,32). The molecule has 0 saturated carbocycles. The maximum atomic E-state index is 15.2. The van der Waals surface area contributed by atoms with Crippen molar-refractivity contribution in [1.29, 1.82) is 0 Å². The molecule has 2 aromatic carbocycles. The Kier molecular flexibility index (Phi) is 5.32. The first kappa shape index (κ1) is 22.5. The van der Waals surface area contributed by atoms with E-state index in [1.54, 1.807) is 12.3 Å². The summed E-state index contributed by atoms with van der Waals surface area (Å²) < 4.78 is 21.8. The lowest BCUT2D eigenvalue weighted by molar-refractivity contribution is -0.0845. The number of rotatable bonds is 0. The molecule has 4 heterocycles.